The molecule has 2 saturated heterocycles. The van der Waals surface area contributed by atoms with Crippen LogP contribution in [0.15, 0.2) is 0 Å². The Morgan fingerprint density at radius 2 is 1.56 bits per heavy atom. The number of piperidine rings is 2. The van der Waals surface area contributed by atoms with Gasteiger partial charge in [0.05, 0.1) is 0 Å². The summed E-state index contributed by atoms with van der Waals surface area (Å²) in [6, 6.07) is 0.128. The minimum Gasteiger partial charge on any atom is -0.306 e. The molecule has 0 saturated carbocycles. The zero-order chi connectivity index (χ0) is 11.6. The van der Waals surface area contributed by atoms with Crippen LogP contribution in [-0.2, 0) is 0 Å². The summed E-state index contributed by atoms with van der Waals surface area (Å²) in [5, 5.41) is 0. The molecule has 1 unspecified atom stereocenters. The molecule has 2 aliphatic heterocycles. The van der Waals surface area contributed by atoms with Gasteiger partial charge in [0.15, 0.2) is 0 Å². The van der Waals surface area contributed by atoms with Crippen molar-refractivity contribution in [3.63, 3.8) is 0 Å². The van der Waals surface area contributed by atoms with Crippen molar-refractivity contribution in [1.82, 2.24) is 9.80 Å². The molecule has 2 aliphatic rings. The Morgan fingerprint density at radius 1 is 1.06 bits per heavy atom. The standard InChI is InChI=1S/C13H25FN2/c1-12(11-14)16-9-5-13(6-10-16)3-7-15(2)8-4-13/h12H,3-11H2,1-2H3. The highest BCUT2D eigenvalue weighted by molar-refractivity contribution is 4.90. The van der Waals surface area contributed by atoms with Crippen LogP contribution >= 0.6 is 0 Å². The topological polar surface area (TPSA) is 6.48 Å². The van der Waals surface area contributed by atoms with Gasteiger partial charge in [0.25, 0.3) is 0 Å². The van der Waals surface area contributed by atoms with E-state index in [-0.39, 0.29) is 12.7 Å². The second-order valence-electron chi connectivity index (χ2n) is 5.84. The lowest BCUT2D eigenvalue weighted by Gasteiger charge is -2.47. The van der Waals surface area contributed by atoms with Gasteiger partial charge in [0.1, 0.15) is 6.67 Å². The number of hydrogen-bond donors (Lipinski definition) is 0. The minimum atomic E-state index is -0.199. The smallest absolute Gasteiger partial charge is 0.105 e. The Hall–Kier alpha value is -0.150. The summed E-state index contributed by atoms with van der Waals surface area (Å²) in [6.45, 7) is 6.52. The summed E-state index contributed by atoms with van der Waals surface area (Å²) in [6.07, 6.45) is 5.26. The number of likely N-dealkylation sites (tertiary alicyclic amines) is 2. The second kappa shape index (κ2) is 5.01. The predicted octanol–water partition coefficient (Wildman–Crippen LogP) is 2.15. The molecule has 0 radical (unpaired) electrons. The van der Waals surface area contributed by atoms with Crippen molar-refractivity contribution in [3.8, 4) is 0 Å². The van der Waals surface area contributed by atoms with Crippen LogP contribution in [0.4, 0.5) is 4.39 Å². The lowest BCUT2D eigenvalue weighted by molar-refractivity contribution is 0.0249. The van der Waals surface area contributed by atoms with E-state index in [4.69, 9.17) is 0 Å². The molecule has 0 aromatic heterocycles. The van der Waals surface area contributed by atoms with E-state index in [1.807, 2.05) is 6.92 Å². The second-order valence-corrected chi connectivity index (χ2v) is 5.84. The number of nitrogens with zero attached hydrogens (tertiary/aromatic N) is 2. The fourth-order valence-electron chi connectivity index (χ4n) is 3.13. The monoisotopic (exact) mass is 228 g/mol. The number of alkyl halides is 1. The first-order valence-corrected chi connectivity index (χ1v) is 6.64. The van der Waals surface area contributed by atoms with Gasteiger partial charge >= 0.3 is 0 Å². The Bertz CT molecular complexity index is 214. The Kier molecular flexibility index (Phi) is 3.85. The van der Waals surface area contributed by atoms with Crippen molar-refractivity contribution in [1.29, 1.82) is 0 Å². The normalized spacial score (nSPS) is 29.4. The Morgan fingerprint density at radius 3 is 2.06 bits per heavy atom. The molecule has 2 fully saturated rings. The maximum atomic E-state index is 12.6. The third kappa shape index (κ3) is 2.57. The van der Waals surface area contributed by atoms with E-state index in [1.54, 1.807) is 0 Å². The van der Waals surface area contributed by atoms with E-state index in [2.05, 4.69) is 16.8 Å². The number of halogens is 1. The maximum Gasteiger partial charge on any atom is 0.105 e. The predicted molar refractivity (Wildman–Crippen MR) is 65.4 cm³/mol. The van der Waals surface area contributed by atoms with Gasteiger partial charge in [0.2, 0.25) is 0 Å². The van der Waals surface area contributed by atoms with Crippen LogP contribution in [0.1, 0.15) is 32.6 Å². The molecule has 0 aromatic carbocycles. The molecule has 1 atom stereocenters. The van der Waals surface area contributed by atoms with Gasteiger partial charge in [-0.25, -0.2) is 4.39 Å². The quantitative estimate of drug-likeness (QED) is 0.714. The van der Waals surface area contributed by atoms with Gasteiger partial charge in [-0.2, -0.15) is 0 Å². The van der Waals surface area contributed by atoms with Gasteiger partial charge < -0.3 is 4.90 Å². The summed E-state index contributed by atoms with van der Waals surface area (Å²) in [5.74, 6) is 0. The van der Waals surface area contributed by atoms with E-state index in [0.717, 1.165) is 13.1 Å². The highest BCUT2D eigenvalue weighted by atomic mass is 19.1. The molecule has 0 aromatic rings. The lowest BCUT2D eigenvalue weighted by atomic mass is 9.71. The lowest BCUT2D eigenvalue weighted by Crippen LogP contribution is -2.48. The third-order valence-corrected chi connectivity index (χ3v) is 4.75. The van der Waals surface area contributed by atoms with Crippen LogP contribution in [0.5, 0.6) is 0 Å². The van der Waals surface area contributed by atoms with Crippen LogP contribution in [-0.4, -0.2) is 55.7 Å². The van der Waals surface area contributed by atoms with Gasteiger partial charge in [-0.3, -0.25) is 4.90 Å². The average molecular weight is 228 g/mol. The summed E-state index contributed by atoms with van der Waals surface area (Å²) < 4.78 is 12.6. The molecule has 0 aliphatic carbocycles. The number of hydrogen-bond acceptors (Lipinski definition) is 2. The molecular formula is C13H25FN2. The Balaban J connectivity index is 1.84. The van der Waals surface area contributed by atoms with Crippen LogP contribution < -0.4 is 0 Å². The van der Waals surface area contributed by atoms with Crippen LogP contribution in [0, 0.1) is 5.41 Å². The summed E-state index contributed by atoms with van der Waals surface area (Å²) in [4.78, 5) is 4.76. The van der Waals surface area contributed by atoms with Crippen molar-refractivity contribution in [2.75, 3.05) is 39.9 Å². The minimum absolute atomic E-state index is 0.128. The summed E-state index contributed by atoms with van der Waals surface area (Å²) in [7, 11) is 2.22. The Labute approximate surface area is 98.8 Å². The van der Waals surface area contributed by atoms with Crippen molar-refractivity contribution in [3.05, 3.63) is 0 Å². The largest absolute Gasteiger partial charge is 0.306 e. The first kappa shape index (κ1) is 12.3. The number of rotatable bonds is 2. The van der Waals surface area contributed by atoms with Crippen molar-refractivity contribution in [2.45, 2.75) is 38.6 Å². The van der Waals surface area contributed by atoms with Gasteiger partial charge in [0, 0.05) is 6.04 Å². The highest BCUT2D eigenvalue weighted by Crippen LogP contribution is 2.41. The van der Waals surface area contributed by atoms with E-state index in [9.17, 15) is 4.39 Å². The van der Waals surface area contributed by atoms with E-state index in [1.165, 1.54) is 38.8 Å². The van der Waals surface area contributed by atoms with Crippen molar-refractivity contribution in [2.24, 2.45) is 5.41 Å². The fourth-order valence-corrected chi connectivity index (χ4v) is 3.13. The van der Waals surface area contributed by atoms with Crippen LogP contribution in [0.25, 0.3) is 0 Å². The molecule has 94 valence electrons. The molecular weight excluding hydrogens is 203 g/mol. The zero-order valence-corrected chi connectivity index (χ0v) is 10.7. The molecule has 2 nitrogen and oxygen atoms in total. The third-order valence-electron chi connectivity index (χ3n) is 4.75. The van der Waals surface area contributed by atoms with Crippen molar-refractivity contribution >= 4 is 0 Å². The molecule has 1 spiro atoms. The SMILES string of the molecule is CC(CF)N1CCC2(CCN(C)CC2)CC1. The fraction of sp³-hybridized carbons (Fsp3) is 1.00. The highest BCUT2D eigenvalue weighted by Gasteiger charge is 2.37. The molecule has 0 N–H and O–H groups in total. The van der Waals surface area contributed by atoms with E-state index >= 15 is 0 Å². The molecule has 0 bridgehead atoms. The molecule has 0 amide bonds. The van der Waals surface area contributed by atoms with Gasteiger partial charge in [-0.15, -0.1) is 0 Å². The zero-order valence-electron chi connectivity index (χ0n) is 10.7. The summed E-state index contributed by atoms with van der Waals surface area (Å²) >= 11 is 0. The van der Waals surface area contributed by atoms with Crippen molar-refractivity contribution < 1.29 is 4.39 Å². The molecule has 16 heavy (non-hydrogen) atoms. The average Bonchev–Trinajstić information content (AvgIpc) is 2.33. The first-order valence-electron chi connectivity index (χ1n) is 6.64. The first-order chi connectivity index (χ1) is 7.65. The van der Waals surface area contributed by atoms with E-state index < -0.39 is 0 Å². The van der Waals surface area contributed by atoms with Crippen LogP contribution in [0.2, 0.25) is 0 Å². The van der Waals surface area contributed by atoms with Gasteiger partial charge in [-0.1, -0.05) is 0 Å². The molecule has 3 heteroatoms. The van der Waals surface area contributed by atoms with Gasteiger partial charge in [-0.05, 0) is 71.2 Å². The van der Waals surface area contributed by atoms with Crippen LogP contribution in [0.3, 0.4) is 0 Å². The molecule has 2 heterocycles. The van der Waals surface area contributed by atoms with E-state index in [0.29, 0.717) is 5.41 Å². The summed E-state index contributed by atoms with van der Waals surface area (Å²) in [5.41, 5.74) is 0.596. The molecule has 2 rings (SSSR count). The maximum absolute atomic E-state index is 12.6.